The summed E-state index contributed by atoms with van der Waals surface area (Å²) in [7, 11) is 1.64. The van der Waals surface area contributed by atoms with E-state index in [9.17, 15) is 4.79 Å². The van der Waals surface area contributed by atoms with Crippen LogP contribution in [0.5, 0.6) is 11.5 Å². The number of nitrogens with one attached hydrogen (secondary N) is 1. The zero-order chi connectivity index (χ0) is 18.4. The van der Waals surface area contributed by atoms with Crippen LogP contribution in [0.4, 0.5) is 0 Å². The first kappa shape index (κ1) is 17.9. The van der Waals surface area contributed by atoms with Crippen molar-refractivity contribution in [3.8, 4) is 11.5 Å². The van der Waals surface area contributed by atoms with Gasteiger partial charge in [-0.3, -0.25) is 4.79 Å². The minimum absolute atomic E-state index is 0.109. The van der Waals surface area contributed by atoms with Crippen LogP contribution in [0.2, 0.25) is 0 Å². The van der Waals surface area contributed by atoms with Gasteiger partial charge in [0.1, 0.15) is 11.5 Å². The monoisotopic (exact) mass is 412 g/mol. The zero-order valence-corrected chi connectivity index (χ0v) is 15.7. The topological polar surface area (TPSA) is 59.9 Å². The molecule has 0 spiro atoms. The number of hydrogen-bond donors (Lipinski definition) is 1. The van der Waals surface area contributed by atoms with Crippen LogP contribution in [0.25, 0.3) is 10.8 Å². The molecule has 0 bridgehead atoms. The van der Waals surface area contributed by atoms with E-state index < -0.39 is 0 Å². The molecule has 3 aromatic rings. The Morgan fingerprint density at radius 2 is 1.81 bits per heavy atom. The van der Waals surface area contributed by atoms with Crippen molar-refractivity contribution in [1.82, 2.24) is 5.43 Å². The lowest BCUT2D eigenvalue weighted by Gasteiger charge is -2.08. The van der Waals surface area contributed by atoms with Gasteiger partial charge in [0.25, 0.3) is 5.91 Å². The van der Waals surface area contributed by atoms with Gasteiger partial charge in [-0.1, -0.05) is 40.2 Å². The molecule has 5 nitrogen and oxygen atoms in total. The van der Waals surface area contributed by atoms with Crippen molar-refractivity contribution in [1.29, 1.82) is 0 Å². The highest BCUT2D eigenvalue weighted by molar-refractivity contribution is 9.10. The number of hydrogen-bond acceptors (Lipinski definition) is 4. The Hall–Kier alpha value is -2.86. The van der Waals surface area contributed by atoms with Crippen LogP contribution in [0.15, 0.2) is 70.2 Å². The highest BCUT2D eigenvalue weighted by atomic mass is 79.9. The van der Waals surface area contributed by atoms with Crippen LogP contribution in [0, 0.1) is 0 Å². The fourth-order valence-electron chi connectivity index (χ4n) is 2.47. The van der Waals surface area contributed by atoms with E-state index in [2.05, 4.69) is 26.5 Å². The molecule has 0 aromatic heterocycles. The lowest BCUT2D eigenvalue weighted by molar-refractivity contribution is -0.123. The fourth-order valence-corrected chi connectivity index (χ4v) is 2.74. The second-order valence-corrected chi connectivity index (χ2v) is 6.35. The molecule has 0 saturated carbocycles. The number of carbonyl (C=O) groups excluding carboxylic acids is 1. The summed E-state index contributed by atoms with van der Waals surface area (Å²) in [4.78, 5) is 11.9. The third-order valence-corrected chi connectivity index (χ3v) is 4.24. The number of halogens is 1. The second-order valence-electron chi connectivity index (χ2n) is 5.44. The molecule has 1 N–H and O–H groups in total. The average Bonchev–Trinajstić information content (AvgIpc) is 2.67. The number of hydrazone groups is 1. The lowest BCUT2D eigenvalue weighted by Crippen LogP contribution is -2.24. The molecule has 6 heteroatoms. The highest BCUT2D eigenvalue weighted by Crippen LogP contribution is 2.27. The molecule has 0 aliphatic heterocycles. The second kappa shape index (κ2) is 8.49. The molecular formula is C20H17BrN2O3. The number of methoxy groups -OCH3 is 1. The maximum Gasteiger partial charge on any atom is 0.277 e. The summed E-state index contributed by atoms with van der Waals surface area (Å²) in [5.74, 6) is 1.08. The summed E-state index contributed by atoms with van der Waals surface area (Å²) in [5.41, 5.74) is 3.36. The van der Waals surface area contributed by atoms with Gasteiger partial charge in [-0.05, 0) is 41.8 Å². The maximum atomic E-state index is 11.9. The van der Waals surface area contributed by atoms with E-state index in [0.29, 0.717) is 5.75 Å². The molecule has 0 unspecified atom stereocenters. The summed E-state index contributed by atoms with van der Waals surface area (Å²) in [6.45, 7) is -0.109. The van der Waals surface area contributed by atoms with Crippen molar-refractivity contribution >= 4 is 38.8 Å². The van der Waals surface area contributed by atoms with Crippen LogP contribution in [0.1, 0.15) is 5.56 Å². The largest absolute Gasteiger partial charge is 0.496 e. The first-order valence-electron chi connectivity index (χ1n) is 7.93. The molecule has 3 rings (SSSR count). The number of fused-ring (bicyclic) bond motifs is 1. The Morgan fingerprint density at radius 3 is 2.54 bits per heavy atom. The lowest BCUT2D eigenvalue weighted by atomic mass is 10.0. The van der Waals surface area contributed by atoms with Gasteiger partial charge in [-0.15, -0.1) is 0 Å². The molecule has 0 atom stereocenters. The summed E-state index contributed by atoms with van der Waals surface area (Å²) in [5, 5.41) is 6.01. The standard InChI is InChI=1S/C20H17BrN2O3/c1-25-19-11-6-14(17-4-2-3-5-18(17)19)12-22-23-20(24)13-26-16-9-7-15(21)8-10-16/h2-12H,13H2,1H3,(H,23,24). The summed E-state index contributed by atoms with van der Waals surface area (Å²) in [6, 6.07) is 18.9. The van der Waals surface area contributed by atoms with Crippen LogP contribution < -0.4 is 14.9 Å². The molecular weight excluding hydrogens is 396 g/mol. The smallest absolute Gasteiger partial charge is 0.277 e. The minimum atomic E-state index is -0.331. The van der Waals surface area contributed by atoms with E-state index in [-0.39, 0.29) is 12.5 Å². The highest BCUT2D eigenvalue weighted by Gasteiger charge is 2.05. The van der Waals surface area contributed by atoms with Gasteiger partial charge in [-0.2, -0.15) is 5.10 Å². The molecule has 0 radical (unpaired) electrons. The number of carbonyl (C=O) groups is 1. The van der Waals surface area contributed by atoms with Crippen LogP contribution in [-0.4, -0.2) is 25.8 Å². The van der Waals surface area contributed by atoms with E-state index in [1.54, 1.807) is 25.5 Å². The Bertz CT molecular complexity index is 939. The molecule has 1 amide bonds. The fraction of sp³-hybridized carbons (Fsp3) is 0.100. The van der Waals surface area contributed by atoms with Gasteiger partial charge in [0.05, 0.1) is 13.3 Å². The molecule has 0 heterocycles. The van der Waals surface area contributed by atoms with Gasteiger partial charge < -0.3 is 9.47 Å². The Kier molecular flexibility index (Phi) is 5.86. The van der Waals surface area contributed by atoms with Crippen LogP contribution >= 0.6 is 15.9 Å². The van der Waals surface area contributed by atoms with E-state index in [1.165, 1.54) is 0 Å². The summed E-state index contributed by atoms with van der Waals surface area (Å²) in [6.07, 6.45) is 1.61. The van der Waals surface area contributed by atoms with Crippen molar-refractivity contribution < 1.29 is 14.3 Å². The molecule has 0 aliphatic rings. The molecule has 26 heavy (non-hydrogen) atoms. The van der Waals surface area contributed by atoms with Crippen molar-refractivity contribution in [2.75, 3.05) is 13.7 Å². The van der Waals surface area contributed by atoms with E-state index >= 15 is 0 Å². The minimum Gasteiger partial charge on any atom is -0.496 e. The molecule has 0 saturated heterocycles. The Labute approximate surface area is 159 Å². The van der Waals surface area contributed by atoms with Crippen LogP contribution in [-0.2, 0) is 4.79 Å². The van der Waals surface area contributed by atoms with Gasteiger partial charge in [-0.25, -0.2) is 5.43 Å². The van der Waals surface area contributed by atoms with E-state index in [1.807, 2.05) is 48.5 Å². The van der Waals surface area contributed by atoms with Gasteiger partial charge in [0, 0.05) is 15.4 Å². The summed E-state index contributed by atoms with van der Waals surface area (Å²) < 4.78 is 11.7. The van der Waals surface area contributed by atoms with Crippen molar-refractivity contribution in [2.45, 2.75) is 0 Å². The maximum absolute atomic E-state index is 11.9. The number of amides is 1. The van der Waals surface area contributed by atoms with E-state index in [4.69, 9.17) is 9.47 Å². The first-order valence-corrected chi connectivity index (χ1v) is 8.72. The summed E-state index contributed by atoms with van der Waals surface area (Å²) >= 11 is 3.35. The van der Waals surface area contributed by atoms with Gasteiger partial charge in [0.2, 0.25) is 0 Å². The number of rotatable bonds is 6. The number of ether oxygens (including phenoxy) is 2. The number of benzene rings is 3. The Morgan fingerprint density at radius 1 is 1.08 bits per heavy atom. The van der Waals surface area contributed by atoms with E-state index in [0.717, 1.165) is 26.6 Å². The SMILES string of the molecule is COc1ccc(C=NNC(=O)COc2ccc(Br)cc2)c2ccccc12. The first-order chi connectivity index (χ1) is 12.7. The zero-order valence-electron chi connectivity index (χ0n) is 14.1. The predicted octanol–water partition coefficient (Wildman–Crippen LogP) is 4.14. The van der Waals surface area contributed by atoms with Crippen molar-refractivity contribution in [3.63, 3.8) is 0 Å². The average molecular weight is 413 g/mol. The third-order valence-electron chi connectivity index (χ3n) is 3.71. The van der Waals surface area contributed by atoms with Crippen molar-refractivity contribution in [3.05, 3.63) is 70.7 Å². The van der Waals surface area contributed by atoms with Crippen molar-refractivity contribution in [2.24, 2.45) is 5.10 Å². The number of nitrogens with zero attached hydrogens (tertiary/aromatic N) is 1. The predicted molar refractivity (Wildman–Crippen MR) is 106 cm³/mol. The van der Waals surface area contributed by atoms with Gasteiger partial charge >= 0.3 is 0 Å². The third kappa shape index (κ3) is 4.40. The molecule has 0 aliphatic carbocycles. The molecule has 0 fully saturated rings. The molecule has 3 aromatic carbocycles. The van der Waals surface area contributed by atoms with Gasteiger partial charge in [0.15, 0.2) is 6.61 Å². The van der Waals surface area contributed by atoms with Crippen LogP contribution in [0.3, 0.4) is 0 Å². The normalized spacial score (nSPS) is 10.8. The molecule has 132 valence electrons. The Balaban J connectivity index is 1.62. The quantitative estimate of drug-likeness (QED) is 0.488.